The van der Waals surface area contributed by atoms with Gasteiger partial charge in [0.15, 0.2) is 0 Å². The van der Waals surface area contributed by atoms with E-state index < -0.39 is 42.0 Å². The lowest BCUT2D eigenvalue weighted by Crippen LogP contribution is -2.51. The molecule has 0 bridgehead atoms. The van der Waals surface area contributed by atoms with Crippen LogP contribution in [0.2, 0.25) is 0 Å². The number of nitrogens with two attached hydrogens (primary N) is 1. The van der Waals surface area contributed by atoms with Crippen LogP contribution < -0.4 is 16.4 Å². The largest absolute Gasteiger partial charge is 0.390 e. The first-order valence-corrected chi connectivity index (χ1v) is 6.57. The molecular formula is C13H18N4O5. The third-order valence-corrected chi connectivity index (χ3v) is 3.18. The number of amides is 3. The summed E-state index contributed by atoms with van der Waals surface area (Å²) < 4.78 is 0. The topological polar surface area (TPSA) is 166 Å². The van der Waals surface area contributed by atoms with Crippen LogP contribution in [0.25, 0.3) is 0 Å². The van der Waals surface area contributed by atoms with Crippen LogP contribution in [0, 0.1) is 11.3 Å². The van der Waals surface area contributed by atoms with Crippen LogP contribution in [0.15, 0.2) is 11.6 Å². The standard InChI is InChI=1S/C13H18N4O5/c1-6(18)16-9-4-7(5-10(19)11(9)20)13(22)17-8(2-3-14)12(15)21/h4,8-11,19-20H,2,5H2,1H3,(H2,15,21)(H,16,18)(H,17,22)/t8-,9-,10-,11-/m1/s1. The molecule has 0 aliphatic heterocycles. The highest BCUT2D eigenvalue weighted by Gasteiger charge is 2.34. The van der Waals surface area contributed by atoms with Gasteiger partial charge in [-0.25, -0.2) is 0 Å². The summed E-state index contributed by atoms with van der Waals surface area (Å²) in [6.07, 6.45) is -1.62. The van der Waals surface area contributed by atoms with Crippen molar-refractivity contribution in [3.8, 4) is 6.07 Å². The number of nitrogens with zero attached hydrogens (tertiary/aromatic N) is 1. The Morgan fingerprint density at radius 2 is 2.14 bits per heavy atom. The van der Waals surface area contributed by atoms with Gasteiger partial charge in [0.05, 0.1) is 24.6 Å². The Hall–Kier alpha value is -2.44. The number of carbonyl (C=O) groups is 3. The second-order valence-corrected chi connectivity index (χ2v) is 4.97. The normalized spacial score (nSPS) is 25.4. The lowest BCUT2D eigenvalue weighted by Gasteiger charge is -2.31. The van der Waals surface area contributed by atoms with E-state index in [0.717, 1.165) is 0 Å². The molecule has 0 aromatic carbocycles. The van der Waals surface area contributed by atoms with E-state index in [1.807, 2.05) is 0 Å². The summed E-state index contributed by atoms with van der Waals surface area (Å²) in [6.45, 7) is 1.23. The van der Waals surface area contributed by atoms with Gasteiger partial charge in [0, 0.05) is 18.9 Å². The van der Waals surface area contributed by atoms with E-state index in [-0.39, 0.29) is 18.4 Å². The molecule has 0 aromatic heterocycles. The highest BCUT2D eigenvalue weighted by atomic mass is 16.3. The smallest absolute Gasteiger partial charge is 0.247 e. The number of aliphatic hydroxyl groups excluding tert-OH is 2. The Bertz CT molecular complexity index is 539. The van der Waals surface area contributed by atoms with Gasteiger partial charge in [0.25, 0.3) is 0 Å². The zero-order chi connectivity index (χ0) is 16.9. The Labute approximate surface area is 126 Å². The van der Waals surface area contributed by atoms with Crippen LogP contribution in [0.3, 0.4) is 0 Å². The van der Waals surface area contributed by atoms with E-state index in [1.165, 1.54) is 13.0 Å². The van der Waals surface area contributed by atoms with E-state index >= 15 is 0 Å². The summed E-state index contributed by atoms with van der Waals surface area (Å²) in [4.78, 5) is 34.3. The van der Waals surface area contributed by atoms with Gasteiger partial charge in [0.1, 0.15) is 12.1 Å². The van der Waals surface area contributed by atoms with Crippen molar-refractivity contribution in [3.63, 3.8) is 0 Å². The summed E-state index contributed by atoms with van der Waals surface area (Å²) in [7, 11) is 0. The van der Waals surface area contributed by atoms with Gasteiger partial charge in [-0.3, -0.25) is 14.4 Å². The third kappa shape index (κ3) is 4.54. The molecule has 6 N–H and O–H groups in total. The van der Waals surface area contributed by atoms with Crippen molar-refractivity contribution in [2.24, 2.45) is 5.73 Å². The van der Waals surface area contributed by atoms with E-state index in [4.69, 9.17) is 11.0 Å². The molecule has 0 saturated heterocycles. The maximum absolute atomic E-state index is 12.1. The molecule has 1 aliphatic rings. The number of nitriles is 1. The number of hydrogen-bond donors (Lipinski definition) is 5. The summed E-state index contributed by atoms with van der Waals surface area (Å²) in [5.41, 5.74) is 5.16. The number of hydrogen-bond acceptors (Lipinski definition) is 6. The van der Waals surface area contributed by atoms with Crippen molar-refractivity contribution in [2.75, 3.05) is 0 Å². The zero-order valence-corrected chi connectivity index (χ0v) is 11.9. The van der Waals surface area contributed by atoms with E-state index in [0.29, 0.717) is 0 Å². The molecular weight excluding hydrogens is 292 g/mol. The van der Waals surface area contributed by atoms with E-state index in [1.54, 1.807) is 6.07 Å². The van der Waals surface area contributed by atoms with Crippen molar-refractivity contribution >= 4 is 17.7 Å². The van der Waals surface area contributed by atoms with Crippen LogP contribution in [0.4, 0.5) is 0 Å². The van der Waals surface area contributed by atoms with Crippen molar-refractivity contribution in [1.82, 2.24) is 10.6 Å². The Morgan fingerprint density at radius 3 is 2.64 bits per heavy atom. The predicted molar refractivity (Wildman–Crippen MR) is 73.7 cm³/mol. The van der Waals surface area contributed by atoms with Gasteiger partial charge in [-0.1, -0.05) is 6.08 Å². The quantitative estimate of drug-likeness (QED) is 0.374. The first kappa shape index (κ1) is 17.6. The number of carbonyl (C=O) groups excluding carboxylic acids is 3. The number of rotatable bonds is 5. The summed E-state index contributed by atoms with van der Waals surface area (Å²) >= 11 is 0. The van der Waals surface area contributed by atoms with Gasteiger partial charge in [0.2, 0.25) is 17.7 Å². The highest BCUT2D eigenvalue weighted by molar-refractivity contribution is 5.97. The number of aliphatic hydroxyl groups is 2. The second kappa shape index (κ2) is 7.53. The first-order chi connectivity index (χ1) is 10.3. The van der Waals surface area contributed by atoms with Gasteiger partial charge in [-0.2, -0.15) is 5.26 Å². The molecule has 0 heterocycles. The SMILES string of the molecule is CC(=O)N[C@@H]1C=C(C(=O)N[C@H](CC#N)C(N)=O)C[C@@H](O)[C@@H]1O. The molecule has 9 heteroatoms. The minimum atomic E-state index is -1.24. The molecule has 0 aromatic rings. The first-order valence-electron chi connectivity index (χ1n) is 6.57. The molecule has 0 radical (unpaired) electrons. The monoisotopic (exact) mass is 310 g/mol. The average molecular weight is 310 g/mol. The summed E-state index contributed by atoms with van der Waals surface area (Å²) in [5, 5.41) is 32.8. The van der Waals surface area contributed by atoms with E-state index in [2.05, 4.69) is 10.6 Å². The molecule has 0 fully saturated rings. The van der Waals surface area contributed by atoms with Crippen molar-refractivity contribution in [2.45, 2.75) is 44.1 Å². The Kier molecular flexibility index (Phi) is 6.03. The molecule has 3 amide bonds. The van der Waals surface area contributed by atoms with E-state index in [9.17, 15) is 24.6 Å². The van der Waals surface area contributed by atoms with Gasteiger partial charge in [-0.15, -0.1) is 0 Å². The average Bonchev–Trinajstić information content (AvgIpc) is 2.42. The van der Waals surface area contributed by atoms with Crippen molar-refractivity contribution in [3.05, 3.63) is 11.6 Å². The molecule has 4 atom stereocenters. The van der Waals surface area contributed by atoms with Crippen LogP contribution in [-0.4, -0.2) is 52.2 Å². The van der Waals surface area contributed by atoms with Crippen LogP contribution in [-0.2, 0) is 14.4 Å². The van der Waals surface area contributed by atoms with Crippen LogP contribution in [0.5, 0.6) is 0 Å². The number of primary amides is 1. The second-order valence-electron chi connectivity index (χ2n) is 4.97. The molecule has 22 heavy (non-hydrogen) atoms. The molecule has 0 unspecified atom stereocenters. The van der Waals surface area contributed by atoms with Crippen molar-refractivity contribution < 1.29 is 24.6 Å². The molecule has 1 rings (SSSR count). The minimum absolute atomic E-state index is 0.0840. The maximum Gasteiger partial charge on any atom is 0.247 e. The lowest BCUT2D eigenvalue weighted by atomic mass is 9.90. The fourth-order valence-electron chi connectivity index (χ4n) is 2.06. The molecule has 1 aliphatic carbocycles. The maximum atomic E-state index is 12.1. The van der Waals surface area contributed by atoms with Crippen LogP contribution >= 0.6 is 0 Å². The summed E-state index contributed by atoms with van der Waals surface area (Å²) in [5.74, 6) is -1.99. The van der Waals surface area contributed by atoms with Crippen LogP contribution in [0.1, 0.15) is 19.8 Å². The minimum Gasteiger partial charge on any atom is -0.390 e. The molecule has 120 valence electrons. The molecule has 0 spiro atoms. The fraction of sp³-hybridized carbons (Fsp3) is 0.538. The Balaban J connectivity index is 2.88. The Morgan fingerprint density at radius 1 is 1.50 bits per heavy atom. The van der Waals surface area contributed by atoms with Gasteiger partial charge >= 0.3 is 0 Å². The third-order valence-electron chi connectivity index (χ3n) is 3.18. The summed E-state index contributed by atoms with van der Waals surface area (Å²) in [6, 6.07) is -0.350. The van der Waals surface area contributed by atoms with Gasteiger partial charge < -0.3 is 26.6 Å². The van der Waals surface area contributed by atoms with Gasteiger partial charge in [-0.05, 0) is 0 Å². The highest BCUT2D eigenvalue weighted by Crippen LogP contribution is 2.20. The predicted octanol–water partition coefficient (Wildman–Crippen LogP) is -2.57. The zero-order valence-electron chi connectivity index (χ0n) is 11.9. The molecule has 0 saturated carbocycles. The fourth-order valence-corrected chi connectivity index (χ4v) is 2.06. The lowest BCUT2D eigenvalue weighted by molar-refractivity contribution is -0.125. The number of nitrogens with one attached hydrogen (secondary N) is 2. The molecule has 9 nitrogen and oxygen atoms in total. The van der Waals surface area contributed by atoms with Crippen molar-refractivity contribution in [1.29, 1.82) is 5.26 Å².